The molecule has 7 rings (SSSR count). The lowest BCUT2D eigenvalue weighted by Crippen LogP contribution is -2.28. The van der Waals surface area contributed by atoms with Gasteiger partial charge in [0.1, 0.15) is 34.5 Å². The topological polar surface area (TPSA) is 114 Å². The molecule has 7 heteroatoms. The Bertz CT molecular complexity index is 1990. The molecule has 7 nitrogen and oxygen atoms in total. The van der Waals surface area contributed by atoms with Crippen molar-refractivity contribution < 1.29 is 24.5 Å². The van der Waals surface area contributed by atoms with E-state index in [9.17, 15) is 15.0 Å². The van der Waals surface area contributed by atoms with Gasteiger partial charge >= 0.3 is 0 Å². The first-order chi connectivity index (χ1) is 22.0. The lowest BCUT2D eigenvalue weighted by Gasteiger charge is -2.34. The highest BCUT2D eigenvalue weighted by Gasteiger charge is 2.45. The predicted octanol–water partition coefficient (Wildman–Crippen LogP) is 8.20. The summed E-state index contributed by atoms with van der Waals surface area (Å²) in [6, 6.07) is 42.5. The fraction of sp³-hybridized carbons (Fsp3) is 0.0263. The van der Waals surface area contributed by atoms with Gasteiger partial charge in [0, 0.05) is 12.1 Å². The molecular formula is C38H28N2O5. The molecule has 0 fully saturated rings. The van der Waals surface area contributed by atoms with E-state index in [1.165, 1.54) is 34.4 Å². The van der Waals surface area contributed by atoms with E-state index in [1.807, 2.05) is 24.3 Å². The second kappa shape index (κ2) is 11.1. The Morgan fingerprint density at radius 2 is 1.04 bits per heavy atom. The van der Waals surface area contributed by atoms with Crippen LogP contribution in [0.5, 0.6) is 34.5 Å². The van der Waals surface area contributed by atoms with Crippen LogP contribution in [-0.2, 0) is 10.2 Å². The number of aromatic hydroxyl groups is 2. The highest BCUT2D eigenvalue weighted by Crippen LogP contribution is 2.56. The summed E-state index contributed by atoms with van der Waals surface area (Å²) in [6.07, 6.45) is 0.510. The summed E-state index contributed by atoms with van der Waals surface area (Å²) in [5.74, 6) is 2.03. The van der Waals surface area contributed by atoms with Crippen LogP contribution in [0.15, 0.2) is 133 Å². The summed E-state index contributed by atoms with van der Waals surface area (Å²) in [7, 11) is 0. The summed E-state index contributed by atoms with van der Waals surface area (Å²) in [5, 5.41) is 22.7. The first-order valence-corrected chi connectivity index (χ1v) is 14.4. The first-order valence-electron chi connectivity index (χ1n) is 14.4. The van der Waals surface area contributed by atoms with Crippen LogP contribution in [0.25, 0.3) is 11.1 Å². The first kappa shape index (κ1) is 27.6. The third-order valence-corrected chi connectivity index (χ3v) is 8.18. The fourth-order valence-electron chi connectivity index (χ4n) is 6.19. The zero-order chi connectivity index (χ0) is 31.0. The van der Waals surface area contributed by atoms with E-state index in [0.29, 0.717) is 35.1 Å². The molecule has 1 aliphatic carbocycles. The van der Waals surface area contributed by atoms with Gasteiger partial charge in [0.25, 0.3) is 0 Å². The van der Waals surface area contributed by atoms with E-state index in [-0.39, 0.29) is 17.2 Å². The second-order valence-electron chi connectivity index (χ2n) is 10.8. The van der Waals surface area contributed by atoms with Crippen LogP contribution in [-0.4, -0.2) is 16.6 Å². The smallest absolute Gasteiger partial charge is 0.211 e. The maximum atomic E-state index is 10.8. The van der Waals surface area contributed by atoms with Gasteiger partial charge in [0.05, 0.1) is 16.8 Å². The van der Waals surface area contributed by atoms with Gasteiger partial charge in [0.2, 0.25) is 6.41 Å². The summed E-state index contributed by atoms with van der Waals surface area (Å²) >= 11 is 0. The number of phenols is 2. The van der Waals surface area contributed by atoms with Crippen LogP contribution in [0, 0.1) is 0 Å². The molecular weight excluding hydrogens is 564 g/mol. The molecule has 6 aromatic carbocycles. The van der Waals surface area contributed by atoms with Crippen LogP contribution in [0.3, 0.4) is 0 Å². The van der Waals surface area contributed by atoms with Crippen molar-refractivity contribution in [3.05, 3.63) is 156 Å². The maximum Gasteiger partial charge on any atom is 0.211 e. The molecule has 0 saturated carbocycles. The Kier molecular flexibility index (Phi) is 6.83. The number of fused-ring (bicyclic) bond motifs is 3. The van der Waals surface area contributed by atoms with Crippen LogP contribution in [0.4, 0.5) is 11.4 Å². The van der Waals surface area contributed by atoms with Gasteiger partial charge in [-0.3, -0.25) is 4.79 Å². The number of phenolic OH excluding ortho intramolecular Hbond substituents is 2. The Morgan fingerprint density at radius 1 is 0.578 bits per heavy atom. The number of hydrogen-bond donors (Lipinski definition) is 4. The second-order valence-corrected chi connectivity index (χ2v) is 10.8. The minimum absolute atomic E-state index is 0.0293. The standard InChI is InChI=1S/C38H28N2O5/c39-34-19-17-28(21-36(34)42)44-26-13-9-24(10-14-26)38(32-7-3-1-5-30(32)31-6-2-4-8-33(31)38)25-11-15-27(16-12-25)45-29-18-20-35(40-23-41)37(43)22-29/h1-23,42-43H,39H2,(H,40,41). The van der Waals surface area contributed by atoms with Crippen LogP contribution in [0.1, 0.15) is 22.3 Å². The average molecular weight is 593 g/mol. The van der Waals surface area contributed by atoms with Crippen LogP contribution < -0.4 is 20.5 Å². The molecule has 45 heavy (non-hydrogen) atoms. The van der Waals surface area contributed by atoms with Gasteiger partial charge in [-0.05, 0) is 81.9 Å². The molecule has 1 aliphatic rings. The molecule has 5 N–H and O–H groups in total. The van der Waals surface area contributed by atoms with Gasteiger partial charge in [-0.15, -0.1) is 0 Å². The van der Waals surface area contributed by atoms with Crippen molar-refractivity contribution in [2.24, 2.45) is 0 Å². The molecule has 0 bridgehead atoms. The van der Waals surface area contributed by atoms with E-state index in [2.05, 4.69) is 78.1 Å². The van der Waals surface area contributed by atoms with E-state index >= 15 is 0 Å². The molecule has 0 radical (unpaired) electrons. The third-order valence-electron chi connectivity index (χ3n) is 8.18. The summed E-state index contributed by atoms with van der Waals surface area (Å²) in [4.78, 5) is 10.8. The third kappa shape index (κ3) is 4.77. The maximum absolute atomic E-state index is 10.8. The number of hydrogen-bond acceptors (Lipinski definition) is 6. The molecule has 0 heterocycles. The number of amides is 1. The molecule has 1 amide bonds. The van der Waals surface area contributed by atoms with E-state index in [0.717, 1.165) is 11.1 Å². The van der Waals surface area contributed by atoms with Gasteiger partial charge in [-0.1, -0.05) is 72.8 Å². The molecule has 0 unspecified atom stereocenters. The minimum Gasteiger partial charge on any atom is -0.506 e. The number of carbonyl (C=O) groups is 1. The van der Waals surface area contributed by atoms with Crippen molar-refractivity contribution in [3.8, 4) is 45.6 Å². The predicted molar refractivity (Wildman–Crippen MR) is 174 cm³/mol. The van der Waals surface area contributed by atoms with E-state index in [4.69, 9.17) is 15.2 Å². The van der Waals surface area contributed by atoms with Gasteiger partial charge in [-0.2, -0.15) is 0 Å². The SMILES string of the molecule is Nc1ccc(Oc2ccc(C3(c4ccc(Oc5ccc(NC=O)c(O)c5)cc4)c4ccccc4-c4ccccc43)cc2)cc1O. The number of nitrogens with one attached hydrogen (secondary N) is 1. The van der Waals surface area contributed by atoms with Crippen molar-refractivity contribution in [2.45, 2.75) is 5.41 Å². The molecule has 0 atom stereocenters. The van der Waals surface area contributed by atoms with Crippen molar-refractivity contribution in [1.82, 2.24) is 0 Å². The molecule has 0 saturated heterocycles. The van der Waals surface area contributed by atoms with Crippen molar-refractivity contribution in [3.63, 3.8) is 0 Å². The van der Waals surface area contributed by atoms with Crippen molar-refractivity contribution in [1.29, 1.82) is 0 Å². The highest BCUT2D eigenvalue weighted by atomic mass is 16.5. The van der Waals surface area contributed by atoms with Crippen molar-refractivity contribution in [2.75, 3.05) is 11.1 Å². The van der Waals surface area contributed by atoms with Gasteiger partial charge in [-0.25, -0.2) is 0 Å². The fourth-order valence-corrected chi connectivity index (χ4v) is 6.19. The monoisotopic (exact) mass is 592 g/mol. The summed E-state index contributed by atoms with van der Waals surface area (Å²) in [6.45, 7) is 0. The number of ether oxygens (including phenoxy) is 2. The molecule has 0 spiro atoms. The number of nitrogens with two attached hydrogens (primary N) is 1. The van der Waals surface area contributed by atoms with Gasteiger partial charge in [0.15, 0.2) is 0 Å². The van der Waals surface area contributed by atoms with Crippen LogP contribution in [0.2, 0.25) is 0 Å². The molecule has 6 aromatic rings. The van der Waals surface area contributed by atoms with E-state index in [1.54, 1.807) is 24.3 Å². The van der Waals surface area contributed by atoms with Crippen LogP contribution >= 0.6 is 0 Å². The Labute approximate surface area is 259 Å². The van der Waals surface area contributed by atoms with Crippen molar-refractivity contribution >= 4 is 17.8 Å². The zero-order valence-electron chi connectivity index (χ0n) is 24.0. The number of nitrogen functional groups attached to an aromatic ring is 1. The number of anilines is 2. The highest BCUT2D eigenvalue weighted by molar-refractivity contribution is 5.86. The number of carbonyl (C=O) groups excluding carboxylic acids is 1. The number of rotatable bonds is 8. The quantitative estimate of drug-likeness (QED) is 0.0804. The van der Waals surface area contributed by atoms with Gasteiger partial charge < -0.3 is 30.7 Å². The number of benzene rings is 6. The Balaban J connectivity index is 1.30. The lowest BCUT2D eigenvalue weighted by molar-refractivity contribution is -0.105. The minimum atomic E-state index is -0.621. The molecule has 0 aromatic heterocycles. The Morgan fingerprint density at radius 3 is 1.53 bits per heavy atom. The average Bonchev–Trinajstić information content (AvgIpc) is 3.36. The summed E-state index contributed by atoms with van der Waals surface area (Å²) < 4.78 is 12.1. The zero-order valence-corrected chi connectivity index (χ0v) is 24.0. The molecule has 220 valence electrons. The largest absolute Gasteiger partial charge is 0.506 e. The normalized spacial score (nSPS) is 12.5. The van der Waals surface area contributed by atoms with E-state index < -0.39 is 5.41 Å². The summed E-state index contributed by atoms with van der Waals surface area (Å²) in [5.41, 5.74) is 12.5. The molecule has 0 aliphatic heterocycles. The lowest BCUT2D eigenvalue weighted by atomic mass is 9.68. The Hall–Kier alpha value is -6.21.